The van der Waals surface area contributed by atoms with Crippen LogP contribution in [0.25, 0.3) is 0 Å². The van der Waals surface area contributed by atoms with Gasteiger partial charge in [0.1, 0.15) is 0 Å². The van der Waals surface area contributed by atoms with E-state index in [1.54, 1.807) is 11.8 Å². The van der Waals surface area contributed by atoms with Gasteiger partial charge >= 0.3 is 0 Å². The van der Waals surface area contributed by atoms with Crippen molar-refractivity contribution in [2.45, 2.75) is 30.2 Å². The lowest BCUT2D eigenvalue weighted by molar-refractivity contribution is -0.112. The molecule has 2 N–H and O–H groups in total. The van der Waals surface area contributed by atoms with Gasteiger partial charge in [-0.2, -0.15) is 11.8 Å². The average molecular weight is 201 g/mol. The number of hydrogen-bond donors (Lipinski definition) is 2. The first kappa shape index (κ1) is 9.34. The summed E-state index contributed by atoms with van der Waals surface area (Å²) >= 11 is 1.74. The van der Waals surface area contributed by atoms with E-state index in [4.69, 9.17) is 0 Å². The highest BCUT2D eigenvalue weighted by Gasteiger charge is 2.52. The van der Waals surface area contributed by atoms with E-state index in [-0.39, 0.29) is 6.10 Å². The number of carbonyl (C=O) groups excluding carboxylic acids is 1. The lowest BCUT2D eigenvalue weighted by atomic mass is 9.71. The molecule has 3 nitrogen and oxygen atoms in total. The number of thioether (sulfide) groups is 1. The summed E-state index contributed by atoms with van der Waals surface area (Å²) < 4.78 is 0. The van der Waals surface area contributed by atoms with Gasteiger partial charge in [0, 0.05) is 11.3 Å². The van der Waals surface area contributed by atoms with Gasteiger partial charge in [-0.3, -0.25) is 4.79 Å². The summed E-state index contributed by atoms with van der Waals surface area (Å²) in [5.41, 5.74) is 0. The van der Waals surface area contributed by atoms with Crippen LogP contribution in [0.15, 0.2) is 0 Å². The fourth-order valence-electron chi connectivity index (χ4n) is 2.68. The van der Waals surface area contributed by atoms with Crippen LogP contribution in [-0.2, 0) is 4.79 Å². The minimum atomic E-state index is -0.148. The molecule has 0 spiro atoms. The van der Waals surface area contributed by atoms with Crippen LogP contribution < -0.4 is 5.32 Å². The fraction of sp³-hybridized carbons (Fsp3) is 0.889. The van der Waals surface area contributed by atoms with E-state index in [2.05, 4.69) is 5.32 Å². The number of hydrogen-bond acceptors (Lipinski definition) is 3. The lowest BCUT2D eigenvalue weighted by Gasteiger charge is -2.40. The zero-order chi connectivity index (χ0) is 9.42. The standard InChI is InChI=1S/C9H15NO2S/c1-13-8-3-5-6(9(8)12)2-7(5)10-4-11/h4-9,12H,2-3H2,1H3,(H,10,11)/t5-,6-,7+,8+,9+/m0/s1. The van der Waals surface area contributed by atoms with Crippen LogP contribution in [0.3, 0.4) is 0 Å². The van der Waals surface area contributed by atoms with Crippen LogP contribution in [-0.4, -0.2) is 35.2 Å². The predicted molar refractivity (Wildman–Crippen MR) is 52.5 cm³/mol. The number of amides is 1. The van der Waals surface area contributed by atoms with Gasteiger partial charge in [0.15, 0.2) is 0 Å². The van der Waals surface area contributed by atoms with Gasteiger partial charge < -0.3 is 10.4 Å². The van der Waals surface area contributed by atoms with Gasteiger partial charge in [0.25, 0.3) is 0 Å². The summed E-state index contributed by atoms with van der Waals surface area (Å²) in [4.78, 5) is 10.3. The summed E-state index contributed by atoms with van der Waals surface area (Å²) in [6, 6.07) is 0.328. The van der Waals surface area contributed by atoms with Crippen molar-refractivity contribution in [3.63, 3.8) is 0 Å². The molecule has 1 amide bonds. The Morgan fingerprint density at radius 2 is 2.23 bits per heavy atom. The van der Waals surface area contributed by atoms with E-state index in [1.165, 1.54) is 0 Å². The van der Waals surface area contributed by atoms with Crippen molar-refractivity contribution >= 4 is 18.2 Å². The minimum absolute atomic E-state index is 0.148. The lowest BCUT2D eigenvalue weighted by Crippen LogP contribution is -2.50. The Morgan fingerprint density at radius 3 is 2.85 bits per heavy atom. The second-order valence-electron chi connectivity index (χ2n) is 3.95. The Labute approximate surface area is 82.3 Å². The summed E-state index contributed by atoms with van der Waals surface area (Å²) in [5, 5.41) is 13.0. The van der Waals surface area contributed by atoms with Gasteiger partial charge in [-0.05, 0) is 30.9 Å². The number of rotatable bonds is 3. The Bertz CT molecular complexity index is 212. The number of nitrogens with one attached hydrogen (secondary N) is 1. The van der Waals surface area contributed by atoms with Crippen LogP contribution in [0.2, 0.25) is 0 Å². The third kappa shape index (κ3) is 1.36. The second kappa shape index (κ2) is 3.50. The van der Waals surface area contributed by atoms with Crippen LogP contribution >= 0.6 is 11.8 Å². The van der Waals surface area contributed by atoms with Crippen molar-refractivity contribution in [1.29, 1.82) is 0 Å². The summed E-state index contributed by atoms with van der Waals surface area (Å²) in [7, 11) is 0. The zero-order valence-electron chi connectivity index (χ0n) is 7.64. The highest BCUT2D eigenvalue weighted by atomic mass is 32.2. The predicted octanol–water partition coefficient (Wildman–Crippen LogP) is 0.233. The average Bonchev–Trinajstić information content (AvgIpc) is 2.35. The quantitative estimate of drug-likeness (QED) is 0.643. The smallest absolute Gasteiger partial charge is 0.207 e. The third-order valence-electron chi connectivity index (χ3n) is 3.50. The molecule has 0 aromatic rings. The second-order valence-corrected chi connectivity index (χ2v) is 5.03. The number of aliphatic hydroxyl groups is 1. The normalized spacial score (nSPS) is 48.0. The molecule has 2 rings (SSSR count). The van der Waals surface area contributed by atoms with Gasteiger partial charge in [-0.15, -0.1) is 0 Å². The number of fused-ring (bicyclic) bond motifs is 1. The van der Waals surface area contributed by atoms with E-state index < -0.39 is 0 Å². The van der Waals surface area contributed by atoms with Crippen molar-refractivity contribution in [2.24, 2.45) is 11.8 Å². The van der Waals surface area contributed by atoms with Crippen LogP contribution in [0, 0.1) is 11.8 Å². The molecule has 2 aliphatic rings. The van der Waals surface area contributed by atoms with Gasteiger partial charge in [-0.1, -0.05) is 0 Å². The van der Waals surface area contributed by atoms with Crippen LogP contribution in [0.4, 0.5) is 0 Å². The molecule has 4 heteroatoms. The molecule has 74 valence electrons. The van der Waals surface area contributed by atoms with Gasteiger partial charge in [0.05, 0.1) is 6.10 Å². The molecular formula is C9H15NO2S. The summed E-state index contributed by atoms with van der Waals surface area (Å²) in [6.45, 7) is 0. The maximum absolute atomic E-state index is 10.3. The molecule has 2 aliphatic carbocycles. The highest BCUT2D eigenvalue weighted by molar-refractivity contribution is 7.99. The van der Waals surface area contributed by atoms with Crippen molar-refractivity contribution in [2.75, 3.05) is 6.26 Å². The molecule has 0 saturated heterocycles. The zero-order valence-corrected chi connectivity index (χ0v) is 8.46. The van der Waals surface area contributed by atoms with Crippen molar-refractivity contribution in [1.82, 2.24) is 5.32 Å². The molecule has 0 aliphatic heterocycles. The Morgan fingerprint density at radius 1 is 1.46 bits per heavy atom. The van der Waals surface area contributed by atoms with E-state index in [0.717, 1.165) is 19.3 Å². The molecule has 0 aromatic heterocycles. The molecule has 0 heterocycles. The topological polar surface area (TPSA) is 49.3 Å². The number of aliphatic hydroxyl groups excluding tert-OH is 1. The van der Waals surface area contributed by atoms with Crippen LogP contribution in [0.5, 0.6) is 0 Å². The maximum atomic E-state index is 10.3. The highest BCUT2D eigenvalue weighted by Crippen LogP contribution is 2.49. The molecule has 2 fully saturated rings. The Balaban J connectivity index is 1.94. The van der Waals surface area contributed by atoms with Crippen molar-refractivity contribution in [3.8, 4) is 0 Å². The van der Waals surface area contributed by atoms with Crippen LogP contribution in [0.1, 0.15) is 12.8 Å². The van der Waals surface area contributed by atoms with Crippen molar-refractivity contribution < 1.29 is 9.90 Å². The first-order chi connectivity index (χ1) is 6.27. The van der Waals surface area contributed by atoms with Crippen molar-refractivity contribution in [3.05, 3.63) is 0 Å². The molecule has 0 bridgehead atoms. The molecule has 13 heavy (non-hydrogen) atoms. The minimum Gasteiger partial charge on any atom is -0.392 e. The summed E-state index contributed by atoms with van der Waals surface area (Å²) in [5.74, 6) is 0.965. The maximum Gasteiger partial charge on any atom is 0.207 e. The first-order valence-corrected chi connectivity index (χ1v) is 5.97. The molecule has 5 atom stereocenters. The molecule has 0 unspecified atom stereocenters. The molecule has 2 saturated carbocycles. The largest absolute Gasteiger partial charge is 0.392 e. The Hall–Kier alpha value is -0.220. The van der Waals surface area contributed by atoms with Gasteiger partial charge in [0.2, 0.25) is 6.41 Å². The fourth-order valence-corrected chi connectivity index (χ4v) is 3.57. The molecular weight excluding hydrogens is 186 g/mol. The van der Waals surface area contributed by atoms with Gasteiger partial charge in [-0.25, -0.2) is 0 Å². The first-order valence-electron chi connectivity index (χ1n) is 4.68. The third-order valence-corrected chi connectivity index (χ3v) is 4.58. The molecule has 0 aromatic carbocycles. The SMILES string of the molecule is CS[C@@H]1C[C@H]2[C@H](C[C@H]2NC=O)[C@H]1O. The van der Waals surface area contributed by atoms with E-state index >= 15 is 0 Å². The molecule has 0 radical (unpaired) electrons. The summed E-state index contributed by atoms with van der Waals surface area (Å²) in [6.07, 6.45) is 4.69. The van der Waals surface area contributed by atoms with E-state index in [0.29, 0.717) is 23.1 Å². The number of carbonyl (C=O) groups is 1. The Kier molecular flexibility index (Phi) is 2.51. The van der Waals surface area contributed by atoms with E-state index in [1.807, 2.05) is 6.26 Å². The monoisotopic (exact) mass is 201 g/mol. The van der Waals surface area contributed by atoms with E-state index in [9.17, 15) is 9.90 Å².